The van der Waals surface area contributed by atoms with Crippen LogP contribution in [0.2, 0.25) is 0 Å². The second-order valence-corrected chi connectivity index (χ2v) is 8.86. The SMILES string of the molecule is Cc1ncc(C[n+]2c(C(=O)c3ccccc3)sc(CCOC(=O)c3ccccc3)c2C)c(N)n1.[Cl-]. The summed E-state index contributed by atoms with van der Waals surface area (Å²) >= 11 is 1.41. The number of aryl methyl sites for hydroxylation is 1. The number of ether oxygens (including phenoxy) is 1. The van der Waals surface area contributed by atoms with Crippen LogP contribution in [0.25, 0.3) is 0 Å². The summed E-state index contributed by atoms with van der Waals surface area (Å²) in [6.45, 7) is 4.32. The Morgan fingerprint density at radius 2 is 1.63 bits per heavy atom. The molecule has 0 saturated heterocycles. The van der Waals surface area contributed by atoms with Gasteiger partial charge >= 0.3 is 11.0 Å². The Hall–Kier alpha value is -3.62. The Morgan fingerprint density at radius 3 is 2.26 bits per heavy atom. The molecular formula is C26H25ClN4O3S. The van der Waals surface area contributed by atoms with Crippen LogP contribution in [-0.2, 0) is 17.7 Å². The third-order valence-electron chi connectivity index (χ3n) is 5.42. The van der Waals surface area contributed by atoms with E-state index in [-0.39, 0.29) is 30.8 Å². The quantitative estimate of drug-likeness (QED) is 0.214. The maximum Gasteiger partial charge on any atom is 0.338 e. The Kier molecular flexibility index (Phi) is 8.68. The summed E-state index contributed by atoms with van der Waals surface area (Å²) in [7, 11) is 0. The third kappa shape index (κ3) is 6.09. The average Bonchev–Trinajstić information content (AvgIpc) is 3.16. The van der Waals surface area contributed by atoms with Gasteiger partial charge in [0.25, 0.3) is 5.78 Å². The number of hydrogen-bond donors (Lipinski definition) is 1. The number of benzene rings is 2. The average molecular weight is 509 g/mol. The van der Waals surface area contributed by atoms with Crippen molar-refractivity contribution in [2.45, 2.75) is 26.8 Å². The number of ketones is 1. The molecule has 0 spiro atoms. The highest BCUT2D eigenvalue weighted by Gasteiger charge is 2.30. The first-order chi connectivity index (χ1) is 16.4. The predicted molar refractivity (Wildman–Crippen MR) is 130 cm³/mol. The first kappa shape index (κ1) is 26.0. The van der Waals surface area contributed by atoms with Crippen molar-refractivity contribution in [1.82, 2.24) is 9.97 Å². The number of rotatable bonds is 8. The zero-order chi connectivity index (χ0) is 24.1. The van der Waals surface area contributed by atoms with Crippen LogP contribution < -0.4 is 22.7 Å². The molecular weight excluding hydrogens is 484 g/mol. The Morgan fingerprint density at radius 1 is 1.00 bits per heavy atom. The summed E-state index contributed by atoms with van der Waals surface area (Å²) < 4.78 is 7.41. The van der Waals surface area contributed by atoms with Crippen LogP contribution in [0.4, 0.5) is 5.82 Å². The molecule has 0 unspecified atom stereocenters. The summed E-state index contributed by atoms with van der Waals surface area (Å²) in [6, 6.07) is 18.0. The second-order valence-electron chi connectivity index (χ2n) is 7.78. The number of nitrogen functional groups attached to an aromatic ring is 1. The van der Waals surface area contributed by atoms with E-state index in [4.69, 9.17) is 10.5 Å². The maximum absolute atomic E-state index is 13.4. The summed E-state index contributed by atoms with van der Waals surface area (Å²) in [6.07, 6.45) is 2.19. The minimum atomic E-state index is -0.368. The molecule has 0 radical (unpaired) electrons. The van der Waals surface area contributed by atoms with E-state index in [2.05, 4.69) is 9.97 Å². The molecule has 0 aliphatic carbocycles. The predicted octanol–water partition coefficient (Wildman–Crippen LogP) is 0.707. The largest absolute Gasteiger partial charge is 1.00 e. The number of hydrogen-bond acceptors (Lipinski definition) is 7. The minimum Gasteiger partial charge on any atom is -1.00 e. The lowest BCUT2D eigenvalue weighted by Gasteiger charge is -2.05. The summed E-state index contributed by atoms with van der Waals surface area (Å²) in [5.74, 6) is 0.539. The summed E-state index contributed by atoms with van der Waals surface area (Å²) in [5, 5.41) is 0.577. The molecule has 2 aromatic heterocycles. The van der Waals surface area contributed by atoms with Crippen LogP contribution in [0, 0.1) is 13.8 Å². The van der Waals surface area contributed by atoms with Gasteiger partial charge in [0.2, 0.25) is 0 Å². The van der Waals surface area contributed by atoms with E-state index in [0.717, 1.165) is 16.1 Å². The Balaban J connectivity index is 0.00000342. The highest BCUT2D eigenvalue weighted by molar-refractivity contribution is 7.13. The Bertz CT molecular complexity index is 1330. The third-order valence-corrected chi connectivity index (χ3v) is 6.77. The van der Waals surface area contributed by atoms with E-state index in [1.54, 1.807) is 49.5 Å². The lowest BCUT2D eigenvalue weighted by molar-refractivity contribution is -0.691. The molecule has 180 valence electrons. The molecule has 35 heavy (non-hydrogen) atoms. The molecule has 4 aromatic rings. The van der Waals surface area contributed by atoms with Crippen LogP contribution in [-0.4, -0.2) is 28.3 Å². The van der Waals surface area contributed by atoms with Crippen molar-refractivity contribution in [1.29, 1.82) is 0 Å². The number of aromatic nitrogens is 3. The van der Waals surface area contributed by atoms with Gasteiger partial charge in [-0.2, -0.15) is 4.57 Å². The fourth-order valence-electron chi connectivity index (χ4n) is 3.55. The first-order valence-corrected chi connectivity index (χ1v) is 11.7. The van der Waals surface area contributed by atoms with E-state index < -0.39 is 0 Å². The van der Waals surface area contributed by atoms with Crippen molar-refractivity contribution >= 4 is 28.9 Å². The first-order valence-electron chi connectivity index (χ1n) is 10.9. The maximum atomic E-state index is 13.4. The van der Waals surface area contributed by atoms with Crippen molar-refractivity contribution in [3.63, 3.8) is 0 Å². The van der Waals surface area contributed by atoms with Crippen LogP contribution in [0.15, 0.2) is 66.9 Å². The van der Waals surface area contributed by atoms with Crippen molar-refractivity contribution in [3.8, 4) is 0 Å². The van der Waals surface area contributed by atoms with Gasteiger partial charge in [-0.1, -0.05) is 59.9 Å². The number of thiazole rings is 1. The molecule has 0 saturated carbocycles. The van der Waals surface area contributed by atoms with Crippen LogP contribution in [0.1, 0.15) is 47.7 Å². The van der Waals surface area contributed by atoms with Crippen molar-refractivity contribution in [2.75, 3.05) is 12.3 Å². The molecule has 0 atom stereocenters. The van der Waals surface area contributed by atoms with Crippen molar-refractivity contribution in [2.24, 2.45) is 0 Å². The van der Waals surface area contributed by atoms with Crippen molar-refractivity contribution in [3.05, 3.63) is 105 Å². The number of esters is 1. The highest BCUT2D eigenvalue weighted by Crippen LogP contribution is 2.22. The molecule has 7 nitrogen and oxygen atoms in total. The molecule has 2 heterocycles. The molecule has 0 fully saturated rings. The van der Waals surface area contributed by atoms with Gasteiger partial charge in [-0.05, 0) is 19.1 Å². The monoisotopic (exact) mass is 508 g/mol. The molecule has 9 heteroatoms. The molecule has 0 aliphatic rings. The van der Waals surface area contributed by atoms with E-state index >= 15 is 0 Å². The number of anilines is 1. The summed E-state index contributed by atoms with van der Waals surface area (Å²) in [5.41, 5.74) is 8.90. The van der Waals surface area contributed by atoms with Crippen LogP contribution in [0.5, 0.6) is 0 Å². The normalized spacial score (nSPS) is 10.5. The van der Waals surface area contributed by atoms with Gasteiger partial charge in [-0.25, -0.2) is 14.8 Å². The van der Waals surface area contributed by atoms with Crippen LogP contribution >= 0.6 is 11.3 Å². The number of nitrogens with two attached hydrogens (primary N) is 1. The van der Waals surface area contributed by atoms with Crippen LogP contribution in [0.3, 0.4) is 0 Å². The zero-order valence-corrected chi connectivity index (χ0v) is 21.0. The van der Waals surface area contributed by atoms with Gasteiger partial charge in [0, 0.05) is 25.1 Å². The molecule has 0 amide bonds. The fourth-order valence-corrected chi connectivity index (χ4v) is 4.75. The zero-order valence-electron chi connectivity index (χ0n) is 19.4. The number of carbonyl (C=O) groups is 2. The standard InChI is InChI=1S/C26H25N4O3S.ClH/c1-17-22(13-14-33-26(32)20-11-7-4-8-12-20)34-25(23(31)19-9-5-3-6-10-19)30(17)16-21-15-28-18(2)29-24(21)27;/h3-12,15H,13-14,16H2,1-2H3,(H2,27,28,29);1H/q+1;/p-1. The smallest absolute Gasteiger partial charge is 0.338 e. The van der Waals surface area contributed by atoms with Gasteiger partial charge in [-0.3, -0.25) is 4.79 Å². The van der Waals surface area contributed by atoms with Gasteiger partial charge in [0.15, 0.2) is 12.2 Å². The fraction of sp³-hybridized carbons (Fsp3) is 0.192. The lowest BCUT2D eigenvalue weighted by Crippen LogP contribution is -3.00. The van der Waals surface area contributed by atoms with E-state index in [0.29, 0.717) is 40.7 Å². The molecule has 0 bridgehead atoms. The number of halogens is 1. The minimum absolute atomic E-state index is 0. The lowest BCUT2D eigenvalue weighted by atomic mass is 10.1. The van der Waals surface area contributed by atoms with E-state index in [1.807, 2.05) is 35.8 Å². The molecule has 0 aliphatic heterocycles. The summed E-state index contributed by atoms with van der Waals surface area (Å²) in [4.78, 5) is 35.1. The second kappa shape index (κ2) is 11.7. The van der Waals surface area contributed by atoms with Gasteiger partial charge < -0.3 is 22.9 Å². The van der Waals surface area contributed by atoms with Gasteiger partial charge in [-0.15, -0.1) is 0 Å². The van der Waals surface area contributed by atoms with E-state index in [1.165, 1.54) is 11.3 Å². The number of nitrogens with zero attached hydrogens (tertiary/aromatic N) is 3. The molecule has 2 aromatic carbocycles. The van der Waals surface area contributed by atoms with Gasteiger partial charge in [0.1, 0.15) is 11.6 Å². The molecule has 4 rings (SSSR count). The number of carbonyl (C=O) groups excluding carboxylic acids is 2. The highest BCUT2D eigenvalue weighted by atomic mass is 35.5. The Labute approximate surface area is 214 Å². The topological polar surface area (TPSA) is 99.1 Å². The van der Waals surface area contributed by atoms with Gasteiger partial charge in [0.05, 0.1) is 22.6 Å². The van der Waals surface area contributed by atoms with Crippen molar-refractivity contribution < 1.29 is 31.3 Å². The van der Waals surface area contributed by atoms with E-state index in [9.17, 15) is 9.59 Å². The molecule has 2 N–H and O–H groups in total.